The molecule has 0 amide bonds. The van der Waals surface area contributed by atoms with Gasteiger partial charge in [-0.25, -0.2) is 0 Å². The Morgan fingerprint density at radius 1 is 1.26 bits per heavy atom. The molecule has 1 aromatic heterocycles. The Hall–Kier alpha value is 0.130. The van der Waals surface area contributed by atoms with Gasteiger partial charge < -0.3 is 5.32 Å². The van der Waals surface area contributed by atoms with Crippen molar-refractivity contribution in [2.24, 2.45) is 0 Å². The van der Waals surface area contributed by atoms with Crippen LogP contribution in [0.3, 0.4) is 0 Å². The van der Waals surface area contributed by atoms with Crippen LogP contribution < -0.4 is 5.32 Å². The van der Waals surface area contributed by atoms with Crippen LogP contribution >= 0.6 is 54.8 Å². The van der Waals surface area contributed by atoms with Crippen molar-refractivity contribution in [3.63, 3.8) is 0 Å². The molecule has 2 aromatic rings. The summed E-state index contributed by atoms with van der Waals surface area (Å²) in [6.07, 6.45) is 0.951. The van der Waals surface area contributed by atoms with E-state index >= 15 is 0 Å². The van der Waals surface area contributed by atoms with E-state index in [0.29, 0.717) is 6.04 Å². The molecular weight excluding hydrogens is 409 g/mol. The monoisotopic (exact) mass is 421 g/mol. The predicted molar refractivity (Wildman–Crippen MR) is 91.3 cm³/mol. The van der Waals surface area contributed by atoms with Gasteiger partial charge in [0.05, 0.1) is 7.57 Å². The molecule has 1 atom stereocenters. The third kappa shape index (κ3) is 4.30. The molecular formula is C14H14Br2ClNS. The van der Waals surface area contributed by atoms with E-state index in [0.717, 1.165) is 21.8 Å². The lowest BCUT2D eigenvalue weighted by Crippen LogP contribution is -2.22. The zero-order chi connectivity index (χ0) is 13.8. The standard InChI is InChI=1S/C14H14Br2ClNS/c1-2-18-12(11-8-13(15)19-14(11)16)7-9-3-5-10(17)6-4-9/h3-6,8,12,18H,2,7H2,1H3. The van der Waals surface area contributed by atoms with Crippen LogP contribution in [0.2, 0.25) is 5.02 Å². The Kier molecular flexibility index (Phi) is 5.90. The van der Waals surface area contributed by atoms with Gasteiger partial charge in [0.15, 0.2) is 0 Å². The summed E-state index contributed by atoms with van der Waals surface area (Å²) in [5.74, 6) is 0. The molecule has 0 saturated carbocycles. The highest BCUT2D eigenvalue weighted by Gasteiger charge is 2.16. The fourth-order valence-corrected chi connectivity index (χ4v) is 5.09. The third-order valence-electron chi connectivity index (χ3n) is 2.86. The summed E-state index contributed by atoms with van der Waals surface area (Å²) in [6.45, 7) is 3.07. The number of benzene rings is 1. The van der Waals surface area contributed by atoms with Gasteiger partial charge in [-0.1, -0.05) is 30.7 Å². The quantitative estimate of drug-likeness (QED) is 0.639. The van der Waals surface area contributed by atoms with E-state index in [2.05, 4.69) is 62.3 Å². The van der Waals surface area contributed by atoms with Gasteiger partial charge in [0.1, 0.15) is 0 Å². The second kappa shape index (κ2) is 7.23. The summed E-state index contributed by atoms with van der Waals surface area (Å²) in [7, 11) is 0. The average molecular weight is 424 g/mol. The maximum Gasteiger partial charge on any atom is 0.0758 e. The Morgan fingerprint density at radius 3 is 2.47 bits per heavy atom. The summed E-state index contributed by atoms with van der Waals surface area (Å²) in [5, 5.41) is 4.32. The first-order valence-corrected chi connectivity index (χ1v) is 8.80. The fourth-order valence-electron chi connectivity index (χ4n) is 1.99. The van der Waals surface area contributed by atoms with E-state index in [1.54, 1.807) is 11.3 Å². The van der Waals surface area contributed by atoms with Crippen molar-refractivity contribution in [3.8, 4) is 0 Å². The first kappa shape index (κ1) is 15.5. The van der Waals surface area contributed by atoms with Gasteiger partial charge in [-0.3, -0.25) is 0 Å². The molecule has 102 valence electrons. The lowest BCUT2D eigenvalue weighted by molar-refractivity contribution is 0.549. The summed E-state index contributed by atoms with van der Waals surface area (Å²) in [4.78, 5) is 0. The van der Waals surface area contributed by atoms with E-state index < -0.39 is 0 Å². The van der Waals surface area contributed by atoms with E-state index in [-0.39, 0.29) is 0 Å². The van der Waals surface area contributed by atoms with Crippen molar-refractivity contribution in [1.29, 1.82) is 0 Å². The van der Waals surface area contributed by atoms with Crippen molar-refractivity contribution < 1.29 is 0 Å². The molecule has 0 aliphatic carbocycles. The molecule has 0 fully saturated rings. The molecule has 1 N–H and O–H groups in total. The lowest BCUT2D eigenvalue weighted by Gasteiger charge is -2.17. The lowest BCUT2D eigenvalue weighted by atomic mass is 10.0. The summed E-state index contributed by atoms with van der Waals surface area (Å²) in [5.41, 5.74) is 2.58. The van der Waals surface area contributed by atoms with E-state index in [4.69, 9.17) is 11.6 Å². The third-order valence-corrected chi connectivity index (χ3v) is 5.50. The molecule has 0 bridgehead atoms. The zero-order valence-electron chi connectivity index (χ0n) is 10.4. The normalized spacial score (nSPS) is 12.6. The molecule has 1 aromatic carbocycles. The average Bonchev–Trinajstić information content (AvgIpc) is 2.71. The van der Waals surface area contributed by atoms with Gasteiger partial charge in [-0.2, -0.15) is 0 Å². The molecule has 0 aliphatic heterocycles. The topological polar surface area (TPSA) is 12.0 Å². The van der Waals surface area contributed by atoms with Gasteiger partial charge in [0, 0.05) is 11.1 Å². The van der Waals surface area contributed by atoms with Gasteiger partial charge >= 0.3 is 0 Å². The van der Waals surface area contributed by atoms with E-state index in [1.165, 1.54) is 14.9 Å². The molecule has 19 heavy (non-hydrogen) atoms. The van der Waals surface area contributed by atoms with Crippen LogP contribution in [0, 0.1) is 0 Å². The summed E-state index contributed by atoms with van der Waals surface area (Å²) >= 11 is 14.8. The molecule has 0 saturated heterocycles. The van der Waals surface area contributed by atoms with E-state index in [9.17, 15) is 0 Å². The number of rotatable bonds is 5. The van der Waals surface area contributed by atoms with Gasteiger partial charge in [0.25, 0.3) is 0 Å². The van der Waals surface area contributed by atoms with Crippen LogP contribution in [0.25, 0.3) is 0 Å². The molecule has 0 aliphatic rings. The predicted octanol–water partition coefficient (Wildman–Crippen LogP) is 5.82. The molecule has 1 nitrogen and oxygen atoms in total. The first-order valence-electron chi connectivity index (χ1n) is 6.02. The van der Waals surface area contributed by atoms with E-state index in [1.807, 2.05) is 12.1 Å². The molecule has 1 heterocycles. The van der Waals surface area contributed by atoms with Crippen molar-refractivity contribution >= 4 is 54.8 Å². The highest BCUT2D eigenvalue weighted by atomic mass is 79.9. The Labute approximate surface area is 139 Å². The molecule has 0 spiro atoms. The smallest absolute Gasteiger partial charge is 0.0758 e. The minimum absolute atomic E-state index is 0.308. The molecule has 2 rings (SSSR count). The van der Waals surface area contributed by atoms with Gasteiger partial charge in [-0.05, 0) is 74.2 Å². The van der Waals surface area contributed by atoms with Gasteiger partial charge in [0.2, 0.25) is 0 Å². The minimum atomic E-state index is 0.308. The Morgan fingerprint density at radius 2 is 1.95 bits per heavy atom. The molecule has 5 heteroatoms. The minimum Gasteiger partial charge on any atom is -0.310 e. The maximum absolute atomic E-state index is 5.93. The van der Waals surface area contributed by atoms with Crippen LogP contribution in [-0.4, -0.2) is 6.54 Å². The second-order valence-corrected chi connectivity index (χ2v) is 8.41. The number of hydrogen-bond donors (Lipinski definition) is 1. The largest absolute Gasteiger partial charge is 0.310 e. The van der Waals surface area contributed by atoms with Crippen LogP contribution in [0.5, 0.6) is 0 Å². The number of thiophene rings is 1. The molecule has 0 radical (unpaired) electrons. The number of likely N-dealkylation sites (N-methyl/N-ethyl adjacent to an activating group) is 1. The Balaban J connectivity index is 2.20. The number of nitrogens with one attached hydrogen (secondary N) is 1. The molecule has 1 unspecified atom stereocenters. The van der Waals surface area contributed by atoms with Crippen molar-refractivity contribution in [1.82, 2.24) is 5.32 Å². The number of halogens is 3. The fraction of sp³-hybridized carbons (Fsp3) is 0.286. The van der Waals surface area contributed by atoms with Crippen LogP contribution in [0.4, 0.5) is 0 Å². The summed E-state index contributed by atoms with van der Waals surface area (Å²) in [6, 6.07) is 10.5. The van der Waals surface area contributed by atoms with Gasteiger partial charge in [-0.15, -0.1) is 11.3 Å². The SMILES string of the molecule is CCNC(Cc1ccc(Cl)cc1)c1cc(Br)sc1Br. The summed E-state index contributed by atoms with van der Waals surface area (Å²) < 4.78 is 2.33. The van der Waals surface area contributed by atoms with Crippen LogP contribution in [0.1, 0.15) is 24.1 Å². The number of hydrogen-bond acceptors (Lipinski definition) is 2. The van der Waals surface area contributed by atoms with Crippen molar-refractivity contribution in [3.05, 3.63) is 54.1 Å². The van der Waals surface area contributed by atoms with Crippen molar-refractivity contribution in [2.45, 2.75) is 19.4 Å². The van der Waals surface area contributed by atoms with Crippen LogP contribution in [0.15, 0.2) is 37.9 Å². The Bertz CT molecular complexity index is 539. The second-order valence-electron chi connectivity index (χ2n) is 4.22. The van der Waals surface area contributed by atoms with Crippen LogP contribution in [-0.2, 0) is 6.42 Å². The highest BCUT2D eigenvalue weighted by molar-refractivity contribution is 9.12. The zero-order valence-corrected chi connectivity index (χ0v) is 15.2. The first-order chi connectivity index (χ1) is 9.10. The maximum atomic E-state index is 5.93. The highest BCUT2D eigenvalue weighted by Crippen LogP contribution is 2.36. The van der Waals surface area contributed by atoms with Crippen molar-refractivity contribution in [2.75, 3.05) is 6.54 Å².